The third-order valence-corrected chi connectivity index (χ3v) is 14.2. The summed E-state index contributed by atoms with van der Waals surface area (Å²) in [6.45, 7) is 6.54. The maximum Gasteiger partial charge on any atom is 0.306 e. The molecular weight excluding hydrogens is 937 g/mol. The lowest BCUT2D eigenvalue weighted by Crippen LogP contribution is -2.30. The molecule has 1 atom stereocenters. The van der Waals surface area contributed by atoms with Crippen LogP contribution in [0, 0.1) is 0 Å². The number of esters is 3. The molecule has 0 fully saturated rings. The molecule has 0 saturated heterocycles. The maximum absolute atomic E-state index is 12.9. The van der Waals surface area contributed by atoms with Crippen LogP contribution in [0.2, 0.25) is 0 Å². The predicted molar refractivity (Wildman–Crippen MR) is 330 cm³/mol. The van der Waals surface area contributed by atoms with Gasteiger partial charge in [-0.05, 0) is 77.0 Å². The first-order valence-electron chi connectivity index (χ1n) is 32.6. The molecule has 0 radical (unpaired) electrons. The molecule has 0 saturated carbocycles. The fraction of sp³-hybridized carbons (Fsp3) is 0.757. The Balaban J connectivity index is 4.28. The zero-order chi connectivity index (χ0) is 55.0. The van der Waals surface area contributed by atoms with Crippen LogP contribution in [0.1, 0.15) is 323 Å². The molecule has 6 nitrogen and oxygen atoms in total. The minimum atomic E-state index is -0.782. The van der Waals surface area contributed by atoms with E-state index in [4.69, 9.17) is 14.2 Å². The van der Waals surface area contributed by atoms with E-state index in [1.54, 1.807) is 0 Å². The van der Waals surface area contributed by atoms with Crippen molar-refractivity contribution in [1.82, 2.24) is 0 Å². The lowest BCUT2D eigenvalue weighted by Gasteiger charge is -2.18. The zero-order valence-corrected chi connectivity index (χ0v) is 50.3. The number of ether oxygens (including phenoxy) is 3. The van der Waals surface area contributed by atoms with Crippen molar-refractivity contribution in [3.05, 3.63) is 85.1 Å². The minimum Gasteiger partial charge on any atom is -0.462 e. The summed E-state index contributed by atoms with van der Waals surface area (Å²) in [5.41, 5.74) is 0. The molecule has 438 valence electrons. The van der Waals surface area contributed by atoms with E-state index >= 15 is 0 Å². The molecule has 0 rings (SSSR count). The van der Waals surface area contributed by atoms with Crippen molar-refractivity contribution in [2.75, 3.05) is 13.2 Å². The second kappa shape index (κ2) is 64.1. The van der Waals surface area contributed by atoms with E-state index in [9.17, 15) is 14.4 Å². The molecule has 0 heterocycles. The summed E-state index contributed by atoms with van der Waals surface area (Å²) in [6, 6.07) is 0. The van der Waals surface area contributed by atoms with Crippen molar-refractivity contribution >= 4 is 17.9 Å². The van der Waals surface area contributed by atoms with Gasteiger partial charge < -0.3 is 14.2 Å². The molecule has 0 aliphatic carbocycles. The number of hydrogen-bond donors (Lipinski definition) is 0. The van der Waals surface area contributed by atoms with Gasteiger partial charge in [-0.3, -0.25) is 14.4 Å². The van der Waals surface area contributed by atoms with Crippen LogP contribution in [0.4, 0.5) is 0 Å². The molecule has 0 aromatic heterocycles. The first kappa shape index (κ1) is 72.6. The number of carbonyl (C=O) groups is 3. The number of unbranched alkanes of at least 4 members (excludes halogenated alkanes) is 34. The Morgan fingerprint density at radius 1 is 0.276 bits per heavy atom. The zero-order valence-electron chi connectivity index (χ0n) is 50.3. The van der Waals surface area contributed by atoms with Crippen LogP contribution in [-0.4, -0.2) is 37.2 Å². The van der Waals surface area contributed by atoms with Crippen LogP contribution in [0.15, 0.2) is 85.1 Å². The first-order valence-corrected chi connectivity index (χ1v) is 32.6. The van der Waals surface area contributed by atoms with Crippen LogP contribution >= 0.6 is 0 Å². The molecule has 6 heteroatoms. The standard InChI is InChI=1S/C70H122O6/c1-4-7-10-13-16-19-22-24-26-28-30-32-33-34-35-36-37-39-40-42-44-46-48-51-54-57-60-63-69(72)75-66-67(65-74-68(71)62-59-56-53-50-21-18-15-12-9-6-3)76-70(73)64-61-58-55-52-49-47-45-43-41-38-31-29-27-25-23-20-17-14-11-8-5-2/h7,10,16,19,24,26,30,32,34-35,37,39,42,44,67H,4-6,8-9,11-15,17-18,20-23,25,27-29,31,33,36,38,40-41,43,45-66H2,1-3H3/b10-7-,19-16-,26-24-,32-30-,35-34-,39-37-,44-42-. The van der Waals surface area contributed by atoms with Gasteiger partial charge in [0.05, 0.1) is 0 Å². The van der Waals surface area contributed by atoms with E-state index in [0.717, 1.165) is 122 Å². The lowest BCUT2D eigenvalue weighted by molar-refractivity contribution is -0.167. The third-order valence-electron chi connectivity index (χ3n) is 14.2. The van der Waals surface area contributed by atoms with Crippen molar-refractivity contribution in [3.63, 3.8) is 0 Å². The third kappa shape index (κ3) is 61.4. The van der Waals surface area contributed by atoms with Gasteiger partial charge in [0, 0.05) is 19.3 Å². The molecule has 0 aromatic rings. The van der Waals surface area contributed by atoms with Gasteiger partial charge in [0.1, 0.15) is 13.2 Å². The van der Waals surface area contributed by atoms with Crippen molar-refractivity contribution in [3.8, 4) is 0 Å². The molecule has 76 heavy (non-hydrogen) atoms. The van der Waals surface area contributed by atoms with Gasteiger partial charge in [0.25, 0.3) is 0 Å². The summed E-state index contributed by atoms with van der Waals surface area (Å²) in [5, 5.41) is 0. The fourth-order valence-corrected chi connectivity index (χ4v) is 9.31. The first-order chi connectivity index (χ1) is 37.5. The molecule has 0 spiro atoms. The number of hydrogen-bond acceptors (Lipinski definition) is 6. The molecular formula is C70H122O6. The van der Waals surface area contributed by atoms with E-state index in [1.807, 2.05) is 0 Å². The van der Waals surface area contributed by atoms with Gasteiger partial charge >= 0.3 is 17.9 Å². The summed E-state index contributed by atoms with van der Waals surface area (Å²) in [6.07, 6.45) is 84.5. The van der Waals surface area contributed by atoms with Gasteiger partial charge in [-0.1, -0.05) is 311 Å². The lowest BCUT2D eigenvalue weighted by atomic mass is 10.0. The van der Waals surface area contributed by atoms with Crippen LogP contribution in [-0.2, 0) is 28.6 Å². The second-order valence-electron chi connectivity index (χ2n) is 21.7. The molecule has 0 aliphatic heterocycles. The topological polar surface area (TPSA) is 78.9 Å². The van der Waals surface area contributed by atoms with Gasteiger partial charge in [-0.2, -0.15) is 0 Å². The van der Waals surface area contributed by atoms with E-state index in [-0.39, 0.29) is 31.1 Å². The molecule has 0 aliphatic rings. The van der Waals surface area contributed by atoms with E-state index in [1.165, 1.54) is 161 Å². The second-order valence-corrected chi connectivity index (χ2v) is 21.7. The minimum absolute atomic E-state index is 0.0786. The largest absolute Gasteiger partial charge is 0.462 e. The Kier molecular flexibility index (Phi) is 61.2. The number of carbonyl (C=O) groups excluding carboxylic acids is 3. The molecule has 1 unspecified atom stereocenters. The molecule has 0 N–H and O–H groups in total. The normalized spacial score (nSPS) is 12.6. The Morgan fingerprint density at radius 3 is 0.803 bits per heavy atom. The SMILES string of the molecule is CC/C=C\C/C=C\C/C=C\C/C=C\C/C=C\C/C=C\C/C=C\CCCCCCCC(=O)OCC(COC(=O)CCCCCCCCCCCC)OC(=O)CCCCCCCCCCCCCCCCCCCCCCC. The maximum atomic E-state index is 12.9. The Bertz CT molecular complexity index is 1450. The van der Waals surface area contributed by atoms with Crippen molar-refractivity contribution < 1.29 is 28.6 Å². The molecule has 0 bridgehead atoms. The van der Waals surface area contributed by atoms with Gasteiger partial charge in [-0.15, -0.1) is 0 Å². The highest BCUT2D eigenvalue weighted by Crippen LogP contribution is 2.17. The Labute approximate surface area is 471 Å². The van der Waals surface area contributed by atoms with E-state index in [2.05, 4.69) is 106 Å². The predicted octanol–water partition coefficient (Wildman–Crippen LogP) is 22.3. The van der Waals surface area contributed by atoms with E-state index in [0.29, 0.717) is 19.3 Å². The Hall–Kier alpha value is -3.41. The molecule has 0 aromatic carbocycles. The van der Waals surface area contributed by atoms with Crippen LogP contribution in [0.5, 0.6) is 0 Å². The average molecular weight is 1060 g/mol. The summed E-state index contributed by atoms with van der Waals surface area (Å²) < 4.78 is 16.9. The van der Waals surface area contributed by atoms with Crippen molar-refractivity contribution in [2.24, 2.45) is 0 Å². The highest BCUT2D eigenvalue weighted by Gasteiger charge is 2.19. The summed E-state index contributed by atoms with van der Waals surface area (Å²) in [5.74, 6) is -0.885. The van der Waals surface area contributed by atoms with Gasteiger partial charge in [0.15, 0.2) is 6.10 Å². The van der Waals surface area contributed by atoms with Gasteiger partial charge in [-0.25, -0.2) is 0 Å². The number of allylic oxidation sites excluding steroid dienone is 14. The van der Waals surface area contributed by atoms with Gasteiger partial charge in [0.2, 0.25) is 0 Å². The quantitative estimate of drug-likeness (QED) is 0.0261. The van der Waals surface area contributed by atoms with Crippen LogP contribution < -0.4 is 0 Å². The Morgan fingerprint density at radius 2 is 0.513 bits per heavy atom. The average Bonchev–Trinajstić information content (AvgIpc) is 3.42. The van der Waals surface area contributed by atoms with Crippen LogP contribution in [0.25, 0.3) is 0 Å². The highest BCUT2D eigenvalue weighted by molar-refractivity contribution is 5.71. The smallest absolute Gasteiger partial charge is 0.306 e. The molecule has 0 amide bonds. The fourth-order valence-electron chi connectivity index (χ4n) is 9.31. The number of rotatable bonds is 59. The summed E-state index contributed by atoms with van der Waals surface area (Å²) in [4.78, 5) is 38.2. The van der Waals surface area contributed by atoms with Crippen molar-refractivity contribution in [2.45, 2.75) is 329 Å². The van der Waals surface area contributed by atoms with Crippen LogP contribution in [0.3, 0.4) is 0 Å². The summed E-state index contributed by atoms with van der Waals surface area (Å²) in [7, 11) is 0. The van der Waals surface area contributed by atoms with Crippen molar-refractivity contribution in [1.29, 1.82) is 0 Å². The highest BCUT2D eigenvalue weighted by atomic mass is 16.6. The monoisotopic (exact) mass is 1060 g/mol. The summed E-state index contributed by atoms with van der Waals surface area (Å²) >= 11 is 0. The van der Waals surface area contributed by atoms with E-state index < -0.39 is 6.10 Å².